The molecule has 0 bridgehead atoms. The third-order valence-electron chi connectivity index (χ3n) is 8.46. The van der Waals surface area contributed by atoms with Crippen LogP contribution >= 0.6 is 0 Å². The molecule has 2 unspecified atom stereocenters. The van der Waals surface area contributed by atoms with Gasteiger partial charge in [0.25, 0.3) is 0 Å². The zero-order chi connectivity index (χ0) is 66.8. The van der Waals surface area contributed by atoms with Crippen molar-refractivity contribution in [3.63, 3.8) is 0 Å². The highest BCUT2D eigenvalue weighted by Gasteiger charge is 2.14. The molecule has 2 atom stereocenters. The number of hydrogen-bond acceptors (Lipinski definition) is 16. The number of hydrogen-bond donors (Lipinski definition) is 3. The molecule has 21 heteroatoms. The van der Waals surface area contributed by atoms with Crippen LogP contribution in [0.4, 0.5) is 0 Å². The molecule has 0 fully saturated rings. The van der Waals surface area contributed by atoms with Gasteiger partial charge < -0.3 is 38.5 Å². The smallest absolute Gasteiger partial charge is 0.302 e. The zero-order valence-corrected chi connectivity index (χ0v) is 59.2. The summed E-state index contributed by atoms with van der Waals surface area (Å²) < 4.78 is 21.5. The second-order valence-corrected chi connectivity index (χ2v) is 25.3. The van der Waals surface area contributed by atoms with E-state index in [9.17, 15) is 43.2 Å². The largest absolute Gasteiger partial charge is 0.469 e. The summed E-state index contributed by atoms with van der Waals surface area (Å²) >= 11 is -0.361. The van der Waals surface area contributed by atoms with E-state index in [0.717, 1.165) is 11.7 Å². The number of carbonyl (C=O) groups is 9. The minimum Gasteiger partial charge on any atom is -0.469 e. The molecule has 3 amide bonds. The van der Waals surface area contributed by atoms with Crippen molar-refractivity contribution < 1.29 is 72.1 Å². The molecule has 0 spiro atoms. The van der Waals surface area contributed by atoms with E-state index in [1.54, 1.807) is 78.1 Å². The van der Waals surface area contributed by atoms with E-state index in [2.05, 4.69) is 71.5 Å². The van der Waals surface area contributed by atoms with Crippen molar-refractivity contribution in [1.82, 2.24) is 20.0 Å². The molecular formula is C58H128N4O15S2+2. The van der Waals surface area contributed by atoms with Gasteiger partial charge in [-0.1, -0.05) is 55.4 Å². The first-order chi connectivity index (χ1) is 35.2. The number of nitrogens with zero attached hydrogens (tertiary/aromatic N) is 3. The molecule has 0 aromatic carbocycles. The van der Waals surface area contributed by atoms with Gasteiger partial charge in [0.15, 0.2) is 0 Å². The van der Waals surface area contributed by atoms with Gasteiger partial charge in [0.2, 0.25) is 17.7 Å². The number of ketones is 3. The number of methoxy groups -OCH3 is 1. The summed E-state index contributed by atoms with van der Waals surface area (Å²) in [7, 11) is 9.07. The molecule has 0 rings (SSSR count). The van der Waals surface area contributed by atoms with Crippen molar-refractivity contribution in [1.29, 1.82) is 0 Å². The zero-order valence-electron chi connectivity index (χ0n) is 57.5. The number of ether oxygens (including phenoxy) is 3. The molecule has 0 aromatic rings. The molecule has 3 N–H and O–H groups in total. The fraction of sp³-hybridized carbons (Fsp3) is 0.845. The first kappa shape index (κ1) is 104. The van der Waals surface area contributed by atoms with Gasteiger partial charge in [0.1, 0.15) is 52.5 Å². The third kappa shape index (κ3) is 160. The maximum Gasteiger partial charge on any atom is 0.302 e. The summed E-state index contributed by atoms with van der Waals surface area (Å²) in [5, 5.41) is 11.8. The van der Waals surface area contributed by atoms with Crippen LogP contribution in [-0.2, 0) is 84.3 Å². The van der Waals surface area contributed by atoms with E-state index in [1.165, 1.54) is 53.6 Å². The lowest BCUT2D eigenvalue weighted by atomic mass is 10.1. The number of carbonyl (C=O) groups excluding carboxylic acids is 9. The summed E-state index contributed by atoms with van der Waals surface area (Å²) in [6, 6.07) is 1.02. The maximum absolute atomic E-state index is 10.8. The van der Waals surface area contributed by atoms with E-state index in [-0.39, 0.29) is 82.4 Å². The summed E-state index contributed by atoms with van der Waals surface area (Å²) in [6.45, 7) is 51.7. The lowest BCUT2D eigenvalue weighted by Gasteiger charge is -2.26. The van der Waals surface area contributed by atoms with Crippen LogP contribution in [0.3, 0.4) is 0 Å². The Kier molecular flexibility index (Phi) is 92.6. The van der Waals surface area contributed by atoms with Gasteiger partial charge in [-0.15, -0.1) is 0 Å². The highest BCUT2D eigenvalue weighted by atomic mass is 32.2. The summed E-state index contributed by atoms with van der Waals surface area (Å²) in [5.41, 5.74) is 0. The standard InChI is InChI=1S/C8H17NO.C6H13NO.C6H12O2.C6H12O.C5H13NO2.C5H10O2.C5H10O.C5H13S.C4H9NO.C3H6O2.C3H6O.C2H7OS/c1-6(2)7(3)9(5)8(4)10;1-5(2)7(4)6(3)8;1-5(2)4-8-6(3)7;1-5(2)4-6(3)7;1-4(2)6-5(3)8-7;1-4(2)7-5(3)6;1-4(2)5(3)6;1-5(2)6(3)4;1-4(6)5(2)3;1-3(4)5-2;1-3(2)4;1-4(2)3/h6-7H,1-5H3;5H,1-4H3;5H,4H2,1-3H3;5H,4H2,1-3H3;4-7H,1-3H3;4H,1-3H3;4H,1-3H3;5H,1-4H3;1-3H3;1-2H3;1-2H3;3H,1-2H3/q;;;;;;;+1;;;;+1. The van der Waals surface area contributed by atoms with Crippen LogP contribution in [0.15, 0.2) is 0 Å². The Morgan fingerprint density at radius 3 is 0.886 bits per heavy atom. The monoisotopic (exact) mass is 1180 g/mol. The first-order valence-corrected chi connectivity index (χ1v) is 30.7. The molecule has 79 heavy (non-hydrogen) atoms. The van der Waals surface area contributed by atoms with Crippen molar-refractivity contribution >= 4 is 75.1 Å². The molecule has 0 aliphatic rings. The molecule has 0 aromatic heterocycles. The molecule has 0 saturated heterocycles. The van der Waals surface area contributed by atoms with Crippen LogP contribution in [0.5, 0.6) is 0 Å². The minimum atomic E-state index is -0.361. The lowest BCUT2D eigenvalue weighted by molar-refractivity contribution is -0.282. The van der Waals surface area contributed by atoms with Gasteiger partial charge in [-0.3, -0.25) is 44.1 Å². The number of Topliss-reactive ketones (excluding diaryl/α,β-unsaturated/α-hetero) is 3. The highest BCUT2D eigenvalue weighted by molar-refractivity contribution is 7.96. The Hall–Kier alpha value is -3.63. The molecule has 19 nitrogen and oxygen atoms in total. The Morgan fingerprint density at radius 2 is 0.848 bits per heavy atom. The minimum absolute atomic E-state index is 0.0255. The molecule has 0 aliphatic carbocycles. The second-order valence-electron chi connectivity index (χ2n) is 21.0. The van der Waals surface area contributed by atoms with Crippen molar-refractivity contribution in [2.24, 2.45) is 23.7 Å². The fourth-order valence-corrected chi connectivity index (χ4v) is 2.79. The van der Waals surface area contributed by atoms with Gasteiger partial charge in [-0.05, 0) is 126 Å². The number of rotatable bonds is 13. The second kappa shape index (κ2) is 70.5. The van der Waals surface area contributed by atoms with Crippen LogP contribution < -0.4 is 5.32 Å². The molecule has 0 saturated carbocycles. The van der Waals surface area contributed by atoms with Crippen molar-refractivity contribution in [2.45, 2.75) is 236 Å². The normalized spacial score (nSPS) is 10.1. The van der Waals surface area contributed by atoms with Crippen molar-refractivity contribution in [2.75, 3.05) is 66.9 Å². The van der Waals surface area contributed by atoms with Gasteiger partial charge in [0.05, 0.1) is 32.3 Å². The third-order valence-corrected chi connectivity index (χ3v) is 10.3. The highest BCUT2D eigenvalue weighted by Crippen LogP contribution is 2.07. The van der Waals surface area contributed by atoms with Crippen LogP contribution in [0.1, 0.15) is 200 Å². The summed E-state index contributed by atoms with van der Waals surface area (Å²) in [6.07, 6.45) is 8.52. The molecular weight excluding hydrogens is 1060 g/mol. The van der Waals surface area contributed by atoms with E-state index < -0.39 is 0 Å². The van der Waals surface area contributed by atoms with E-state index >= 15 is 0 Å². The Labute approximate surface area is 491 Å². The van der Waals surface area contributed by atoms with Gasteiger partial charge in [-0.2, -0.15) is 4.55 Å². The number of esters is 3. The first-order valence-electron chi connectivity index (χ1n) is 26.6. The Morgan fingerprint density at radius 1 is 0.544 bits per heavy atom. The van der Waals surface area contributed by atoms with E-state index in [0.29, 0.717) is 53.4 Å². The topological polar surface area (TPSA) is 253 Å². The Bertz CT molecular complexity index is 1410. The average Bonchev–Trinajstić information content (AvgIpc) is 3.24. The van der Waals surface area contributed by atoms with Crippen LogP contribution in [0.2, 0.25) is 0 Å². The predicted molar refractivity (Wildman–Crippen MR) is 336 cm³/mol. The van der Waals surface area contributed by atoms with Gasteiger partial charge in [-0.25, -0.2) is 4.89 Å². The molecule has 0 heterocycles. The van der Waals surface area contributed by atoms with Gasteiger partial charge >= 0.3 is 17.9 Å². The fourth-order valence-electron chi connectivity index (χ4n) is 2.79. The van der Waals surface area contributed by atoms with E-state index in [4.69, 9.17) is 9.81 Å². The lowest BCUT2D eigenvalue weighted by Crippen LogP contribution is -2.36. The molecule has 480 valence electrons. The number of nitrogens with one attached hydrogen (secondary N) is 1. The van der Waals surface area contributed by atoms with Crippen molar-refractivity contribution in [3.8, 4) is 0 Å². The predicted octanol–water partition coefficient (Wildman–Crippen LogP) is 10.7. The van der Waals surface area contributed by atoms with E-state index in [1.807, 2.05) is 90.1 Å². The summed E-state index contributed by atoms with van der Waals surface area (Å²) in [5.74, 6) is 2.13. The van der Waals surface area contributed by atoms with Crippen LogP contribution in [0, 0.1) is 23.7 Å². The average molecular weight is 1190 g/mol. The van der Waals surface area contributed by atoms with Crippen LogP contribution in [0.25, 0.3) is 0 Å². The Balaban J connectivity index is -0.0000000625. The quantitative estimate of drug-likeness (QED) is 0.0387. The maximum atomic E-state index is 10.8. The van der Waals surface area contributed by atoms with Gasteiger partial charge in [0, 0.05) is 100 Å². The summed E-state index contributed by atoms with van der Waals surface area (Å²) in [4.78, 5) is 99.9. The SMILES string of the molecule is CC(=O)C(C)C.CC(=O)CC(C)C.CC(=O)N(C)C.CC(=O)N(C)C(C)C.CC(=O)N(C)C(C)C(C)C.CC(=O)OC(C)C.CC(=O)OCC(C)C.CC(C)=O.CC(C)NC(C)OO.CC(C)[S+](C)C.COC(C)=O.C[S+](C)O. The van der Waals surface area contributed by atoms with Crippen molar-refractivity contribution in [3.05, 3.63) is 0 Å². The number of amides is 3. The molecule has 0 aliphatic heterocycles. The van der Waals surface area contributed by atoms with Crippen LogP contribution in [-0.4, -0.2) is 180 Å². The molecule has 0 radical (unpaired) electrons.